The van der Waals surface area contributed by atoms with Crippen molar-refractivity contribution in [3.63, 3.8) is 0 Å². The molecular weight excluding hydrogens is 286 g/mol. The molecule has 2 saturated heterocycles. The lowest BCUT2D eigenvalue weighted by Gasteiger charge is -2.35. The number of aryl methyl sites for hydroxylation is 1. The number of nitrogens with one attached hydrogen (secondary N) is 1. The van der Waals surface area contributed by atoms with Gasteiger partial charge in [-0.1, -0.05) is 17.7 Å². The maximum atomic E-state index is 11.8. The largest absolute Gasteiger partial charge is 0.371 e. The van der Waals surface area contributed by atoms with Gasteiger partial charge in [0.25, 0.3) is 0 Å². The van der Waals surface area contributed by atoms with Gasteiger partial charge in [-0.05, 0) is 44.7 Å². The molecule has 0 unspecified atom stereocenters. The van der Waals surface area contributed by atoms with Crippen molar-refractivity contribution in [2.24, 2.45) is 0 Å². The lowest BCUT2D eigenvalue weighted by Crippen LogP contribution is -2.46. The first kappa shape index (κ1) is 16.3. The molecule has 0 aliphatic carbocycles. The van der Waals surface area contributed by atoms with Crippen LogP contribution in [-0.2, 0) is 4.79 Å². The van der Waals surface area contributed by atoms with Gasteiger partial charge in [-0.15, -0.1) is 0 Å². The second-order valence-electron chi connectivity index (χ2n) is 6.89. The Hall–Kier alpha value is -1.55. The van der Waals surface area contributed by atoms with Gasteiger partial charge in [-0.3, -0.25) is 4.79 Å². The summed E-state index contributed by atoms with van der Waals surface area (Å²) in [6, 6.07) is 9.43. The number of amides is 1. The molecular formula is C19H29N3O. The Balaban J connectivity index is 1.37. The molecule has 0 spiro atoms. The molecule has 1 amide bonds. The van der Waals surface area contributed by atoms with E-state index in [-0.39, 0.29) is 0 Å². The topological polar surface area (TPSA) is 35.6 Å². The number of carbonyl (C=O) groups excluding carboxylic acids is 1. The molecule has 0 saturated carbocycles. The van der Waals surface area contributed by atoms with Crippen LogP contribution in [0.3, 0.4) is 0 Å². The number of carbonyl (C=O) groups is 1. The molecule has 1 N–H and O–H groups in total. The van der Waals surface area contributed by atoms with Crippen molar-refractivity contribution in [1.82, 2.24) is 10.2 Å². The zero-order valence-electron chi connectivity index (χ0n) is 14.3. The first-order chi connectivity index (χ1) is 11.2. The van der Waals surface area contributed by atoms with Gasteiger partial charge in [0.05, 0.1) is 0 Å². The smallest absolute Gasteiger partial charge is 0.222 e. The zero-order chi connectivity index (χ0) is 16.1. The Morgan fingerprint density at radius 1 is 1.09 bits per heavy atom. The molecule has 126 valence electrons. The maximum absolute atomic E-state index is 11.8. The van der Waals surface area contributed by atoms with E-state index < -0.39 is 0 Å². The highest BCUT2D eigenvalue weighted by Gasteiger charge is 2.20. The Morgan fingerprint density at radius 3 is 2.52 bits per heavy atom. The molecule has 1 aromatic carbocycles. The van der Waals surface area contributed by atoms with E-state index in [0.29, 0.717) is 11.9 Å². The van der Waals surface area contributed by atoms with Crippen LogP contribution in [0.1, 0.15) is 37.7 Å². The molecule has 2 aliphatic rings. The van der Waals surface area contributed by atoms with Crippen molar-refractivity contribution in [2.75, 3.05) is 37.6 Å². The number of anilines is 1. The molecule has 1 aromatic rings. The average Bonchev–Trinajstić information content (AvgIpc) is 2.58. The third-order valence-electron chi connectivity index (χ3n) is 5.13. The molecule has 2 fully saturated rings. The van der Waals surface area contributed by atoms with Crippen LogP contribution in [0.2, 0.25) is 0 Å². The highest BCUT2D eigenvalue weighted by atomic mass is 16.2. The summed E-state index contributed by atoms with van der Waals surface area (Å²) >= 11 is 0. The Labute approximate surface area is 139 Å². The molecule has 0 radical (unpaired) electrons. The van der Waals surface area contributed by atoms with E-state index in [1.54, 1.807) is 0 Å². The number of likely N-dealkylation sites (tertiary alicyclic amines) is 1. The van der Waals surface area contributed by atoms with Crippen molar-refractivity contribution in [1.29, 1.82) is 0 Å². The monoisotopic (exact) mass is 315 g/mol. The van der Waals surface area contributed by atoms with Crippen LogP contribution >= 0.6 is 0 Å². The minimum atomic E-state index is 0.340. The number of rotatable bonds is 5. The van der Waals surface area contributed by atoms with Gasteiger partial charge in [-0.25, -0.2) is 0 Å². The standard InChI is InChI=1S/C19H29N3O/c1-16-5-7-18(8-6-16)21-13-9-17(10-14-21)20-11-15-22-12-3-2-4-19(22)23/h5-8,17,20H,2-4,9-15H2,1H3. The van der Waals surface area contributed by atoms with Crippen LogP contribution in [0.5, 0.6) is 0 Å². The molecule has 0 atom stereocenters. The predicted octanol–water partition coefficient (Wildman–Crippen LogP) is 2.57. The summed E-state index contributed by atoms with van der Waals surface area (Å²) < 4.78 is 0. The molecule has 0 bridgehead atoms. The van der Waals surface area contributed by atoms with E-state index in [9.17, 15) is 4.79 Å². The zero-order valence-corrected chi connectivity index (χ0v) is 14.3. The van der Waals surface area contributed by atoms with Gasteiger partial charge >= 0.3 is 0 Å². The molecule has 4 nitrogen and oxygen atoms in total. The lowest BCUT2D eigenvalue weighted by molar-refractivity contribution is -0.133. The quantitative estimate of drug-likeness (QED) is 0.907. The summed E-state index contributed by atoms with van der Waals surface area (Å²) in [4.78, 5) is 16.3. The van der Waals surface area contributed by atoms with E-state index in [1.807, 2.05) is 4.90 Å². The molecule has 23 heavy (non-hydrogen) atoms. The molecule has 4 heteroatoms. The number of hydrogen-bond acceptors (Lipinski definition) is 3. The highest BCUT2D eigenvalue weighted by Crippen LogP contribution is 2.20. The summed E-state index contributed by atoms with van der Waals surface area (Å²) in [5.41, 5.74) is 2.66. The Kier molecular flexibility index (Phi) is 5.55. The minimum Gasteiger partial charge on any atom is -0.371 e. The SMILES string of the molecule is Cc1ccc(N2CCC(NCCN3CCCCC3=O)CC2)cc1. The van der Waals surface area contributed by atoms with Gasteiger partial charge in [0.1, 0.15) is 0 Å². The molecule has 3 rings (SSSR count). The van der Waals surface area contributed by atoms with E-state index in [0.717, 1.165) is 45.6 Å². The van der Waals surface area contributed by atoms with E-state index in [2.05, 4.69) is 41.4 Å². The van der Waals surface area contributed by atoms with E-state index in [4.69, 9.17) is 0 Å². The van der Waals surface area contributed by atoms with E-state index >= 15 is 0 Å². The summed E-state index contributed by atoms with van der Waals surface area (Å²) in [5, 5.41) is 3.65. The van der Waals surface area contributed by atoms with Gasteiger partial charge in [0.2, 0.25) is 5.91 Å². The van der Waals surface area contributed by atoms with Crippen LogP contribution < -0.4 is 10.2 Å². The molecule has 2 heterocycles. The molecule has 0 aromatic heterocycles. The third-order valence-corrected chi connectivity index (χ3v) is 5.13. The van der Waals surface area contributed by atoms with Crippen LogP contribution in [0.15, 0.2) is 24.3 Å². The van der Waals surface area contributed by atoms with Crippen molar-refractivity contribution in [2.45, 2.75) is 45.1 Å². The number of benzene rings is 1. The average molecular weight is 315 g/mol. The van der Waals surface area contributed by atoms with Crippen LogP contribution in [0.25, 0.3) is 0 Å². The van der Waals surface area contributed by atoms with Crippen LogP contribution in [0, 0.1) is 6.92 Å². The van der Waals surface area contributed by atoms with Gasteiger partial charge < -0.3 is 15.1 Å². The Bertz CT molecular complexity index is 506. The first-order valence-corrected chi connectivity index (χ1v) is 9.05. The summed E-state index contributed by atoms with van der Waals surface area (Å²) in [5.74, 6) is 0.340. The number of piperidine rings is 2. The number of nitrogens with zero attached hydrogens (tertiary/aromatic N) is 2. The van der Waals surface area contributed by atoms with Gasteiger partial charge in [-0.2, -0.15) is 0 Å². The molecule has 2 aliphatic heterocycles. The lowest BCUT2D eigenvalue weighted by atomic mass is 10.0. The second-order valence-corrected chi connectivity index (χ2v) is 6.89. The summed E-state index contributed by atoms with van der Waals surface area (Å²) in [6.07, 6.45) is 5.35. The highest BCUT2D eigenvalue weighted by molar-refractivity contribution is 5.76. The van der Waals surface area contributed by atoms with Crippen LogP contribution in [0.4, 0.5) is 5.69 Å². The Morgan fingerprint density at radius 2 is 1.83 bits per heavy atom. The first-order valence-electron chi connectivity index (χ1n) is 9.05. The third kappa shape index (κ3) is 4.47. The van der Waals surface area contributed by atoms with Crippen molar-refractivity contribution < 1.29 is 4.79 Å². The fraction of sp³-hybridized carbons (Fsp3) is 0.632. The van der Waals surface area contributed by atoms with Crippen molar-refractivity contribution in [3.05, 3.63) is 29.8 Å². The van der Waals surface area contributed by atoms with Gasteiger partial charge in [0, 0.05) is 50.9 Å². The normalized spacial score (nSPS) is 20.1. The van der Waals surface area contributed by atoms with Crippen LogP contribution in [-0.4, -0.2) is 49.6 Å². The number of hydrogen-bond donors (Lipinski definition) is 1. The van der Waals surface area contributed by atoms with Crippen molar-refractivity contribution >= 4 is 11.6 Å². The predicted molar refractivity (Wildman–Crippen MR) is 94.8 cm³/mol. The maximum Gasteiger partial charge on any atom is 0.222 e. The summed E-state index contributed by atoms with van der Waals surface area (Å²) in [6.45, 7) is 7.12. The van der Waals surface area contributed by atoms with Crippen molar-refractivity contribution in [3.8, 4) is 0 Å². The van der Waals surface area contributed by atoms with Gasteiger partial charge in [0.15, 0.2) is 0 Å². The fourth-order valence-corrected chi connectivity index (χ4v) is 3.60. The fourth-order valence-electron chi connectivity index (χ4n) is 3.60. The van der Waals surface area contributed by atoms with E-state index in [1.165, 1.54) is 30.5 Å². The summed E-state index contributed by atoms with van der Waals surface area (Å²) in [7, 11) is 0. The second kappa shape index (κ2) is 7.82. The minimum absolute atomic E-state index is 0.340.